The summed E-state index contributed by atoms with van der Waals surface area (Å²) in [6.07, 6.45) is -0.409. The summed E-state index contributed by atoms with van der Waals surface area (Å²) in [5.74, 6) is -2.15. The summed E-state index contributed by atoms with van der Waals surface area (Å²) >= 11 is 6.68. The molecule has 1 aromatic rings. The Morgan fingerprint density at radius 2 is 2.03 bits per heavy atom. The van der Waals surface area contributed by atoms with Gasteiger partial charge in [0.15, 0.2) is 0 Å². The standard InChI is InChI=1S/C21H26N2O6S2/c1-10(24)15-12-8-11(13-6-7-14(31-13)17(30)22-5)16(23(12)18(15)25)19(26)28-9-29-20(27)21(2,3)4/h6-7,10,12,15,24H,8-9H2,1-5H3,(H,22,30)/t10-,12?,15?/m1/s1. The second-order valence-electron chi connectivity index (χ2n) is 8.55. The molecule has 2 aliphatic heterocycles. The van der Waals surface area contributed by atoms with Crippen LogP contribution in [0, 0.1) is 11.3 Å². The molecule has 0 bridgehead atoms. The number of amides is 1. The van der Waals surface area contributed by atoms with E-state index in [2.05, 4.69) is 5.32 Å². The molecule has 1 aromatic heterocycles. The summed E-state index contributed by atoms with van der Waals surface area (Å²) in [6, 6.07) is 3.38. The monoisotopic (exact) mass is 466 g/mol. The average Bonchev–Trinajstić information content (AvgIpc) is 3.28. The summed E-state index contributed by atoms with van der Waals surface area (Å²) in [5.41, 5.74) is 0.0538. The van der Waals surface area contributed by atoms with Gasteiger partial charge >= 0.3 is 11.9 Å². The first kappa shape index (κ1) is 23.4. The van der Waals surface area contributed by atoms with Crippen LogP contribution in [0.25, 0.3) is 5.57 Å². The number of nitrogens with zero attached hydrogens (tertiary/aromatic N) is 1. The Hall–Kier alpha value is -2.30. The first-order valence-corrected chi connectivity index (χ1v) is 11.1. The second kappa shape index (κ2) is 8.68. The summed E-state index contributed by atoms with van der Waals surface area (Å²) in [6.45, 7) is 6.10. The molecular formula is C21H26N2O6S2. The minimum atomic E-state index is -0.825. The molecule has 8 nitrogen and oxygen atoms in total. The Bertz CT molecular complexity index is 959. The number of carbonyl (C=O) groups excluding carboxylic acids is 3. The number of aliphatic hydroxyl groups excluding tert-OH is 1. The molecule has 0 saturated carbocycles. The highest BCUT2D eigenvalue weighted by Gasteiger charge is 2.57. The van der Waals surface area contributed by atoms with Crippen LogP contribution >= 0.6 is 23.6 Å². The number of fused-ring (bicyclic) bond motifs is 1. The third-order valence-electron chi connectivity index (χ3n) is 5.27. The first-order valence-electron chi connectivity index (χ1n) is 9.88. The molecule has 0 aromatic carbocycles. The van der Waals surface area contributed by atoms with E-state index in [1.165, 1.54) is 16.2 Å². The molecule has 2 N–H and O–H groups in total. The van der Waals surface area contributed by atoms with Gasteiger partial charge in [-0.15, -0.1) is 11.3 Å². The van der Waals surface area contributed by atoms with Gasteiger partial charge in [-0.2, -0.15) is 0 Å². The molecular weight excluding hydrogens is 440 g/mol. The van der Waals surface area contributed by atoms with Crippen LogP contribution in [0.4, 0.5) is 0 Å². The molecule has 0 spiro atoms. The van der Waals surface area contributed by atoms with Crippen molar-refractivity contribution >= 4 is 52.0 Å². The summed E-state index contributed by atoms with van der Waals surface area (Å²) in [4.78, 5) is 41.1. The minimum Gasteiger partial charge on any atom is -0.427 e. The summed E-state index contributed by atoms with van der Waals surface area (Å²) < 4.78 is 10.2. The van der Waals surface area contributed by atoms with Crippen LogP contribution in [0.5, 0.6) is 0 Å². The molecule has 31 heavy (non-hydrogen) atoms. The van der Waals surface area contributed by atoms with Crippen LogP contribution in [-0.2, 0) is 23.9 Å². The SMILES string of the molecule is CNC(=S)c1ccc(C2=C(C(=O)OCOC(=O)C(C)(C)C)N3C(=O)C([C@@H](C)O)C3C2)s1. The van der Waals surface area contributed by atoms with E-state index in [1.54, 1.807) is 34.7 Å². The lowest BCUT2D eigenvalue weighted by Gasteiger charge is -2.44. The van der Waals surface area contributed by atoms with Crippen LogP contribution in [0.2, 0.25) is 0 Å². The van der Waals surface area contributed by atoms with Crippen LogP contribution in [-0.4, -0.2) is 58.8 Å². The van der Waals surface area contributed by atoms with Crippen LogP contribution < -0.4 is 5.32 Å². The number of β-lactam (4-membered cyclic amide) rings is 1. The predicted octanol–water partition coefficient (Wildman–Crippen LogP) is 2.06. The zero-order valence-electron chi connectivity index (χ0n) is 18.1. The molecule has 2 aliphatic rings. The van der Waals surface area contributed by atoms with Crippen molar-refractivity contribution in [2.75, 3.05) is 13.8 Å². The largest absolute Gasteiger partial charge is 0.427 e. The van der Waals surface area contributed by atoms with E-state index in [4.69, 9.17) is 21.7 Å². The van der Waals surface area contributed by atoms with Crippen molar-refractivity contribution in [2.24, 2.45) is 11.3 Å². The maximum absolute atomic E-state index is 12.9. The van der Waals surface area contributed by atoms with Gasteiger partial charge in [0, 0.05) is 17.5 Å². The average molecular weight is 467 g/mol. The number of nitrogens with one attached hydrogen (secondary N) is 1. The lowest BCUT2D eigenvalue weighted by molar-refractivity contribution is -0.175. The molecule has 3 rings (SSSR count). The van der Waals surface area contributed by atoms with Crippen molar-refractivity contribution in [3.8, 4) is 0 Å². The van der Waals surface area contributed by atoms with E-state index in [9.17, 15) is 19.5 Å². The van der Waals surface area contributed by atoms with Gasteiger partial charge in [-0.1, -0.05) is 12.2 Å². The topological polar surface area (TPSA) is 105 Å². The van der Waals surface area contributed by atoms with Gasteiger partial charge in [0.05, 0.1) is 28.4 Å². The predicted molar refractivity (Wildman–Crippen MR) is 119 cm³/mol. The Balaban J connectivity index is 1.86. The lowest BCUT2D eigenvalue weighted by Crippen LogP contribution is -2.61. The molecule has 1 fully saturated rings. The number of thiocarbonyl (C=S) groups is 1. The molecule has 3 heterocycles. The van der Waals surface area contributed by atoms with E-state index in [1.807, 2.05) is 12.1 Å². The van der Waals surface area contributed by atoms with Crippen molar-refractivity contribution in [1.29, 1.82) is 0 Å². The van der Waals surface area contributed by atoms with E-state index < -0.39 is 36.2 Å². The number of aliphatic hydroxyl groups is 1. The van der Waals surface area contributed by atoms with Crippen molar-refractivity contribution in [3.63, 3.8) is 0 Å². The molecule has 168 valence electrons. The first-order chi connectivity index (χ1) is 14.5. The third kappa shape index (κ3) is 4.37. The van der Waals surface area contributed by atoms with Gasteiger partial charge < -0.3 is 24.8 Å². The Morgan fingerprint density at radius 3 is 2.61 bits per heavy atom. The number of ether oxygens (including phenoxy) is 2. The lowest BCUT2D eigenvalue weighted by atomic mass is 9.83. The quantitative estimate of drug-likeness (QED) is 0.284. The number of thiophene rings is 1. The highest BCUT2D eigenvalue weighted by Crippen LogP contribution is 2.48. The summed E-state index contributed by atoms with van der Waals surface area (Å²) in [7, 11) is 1.73. The van der Waals surface area contributed by atoms with Crippen molar-refractivity contribution in [2.45, 2.75) is 46.3 Å². The van der Waals surface area contributed by atoms with Gasteiger partial charge in [0.2, 0.25) is 12.7 Å². The molecule has 0 radical (unpaired) electrons. The molecule has 3 atom stereocenters. The van der Waals surface area contributed by atoms with Gasteiger partial charge in [-0.25, -0.2) is 4.79 Å². The number of rotatable bonds is 6. The highest BCUT2D eigenvalue weighted by atomic mass is 32.1. The van der Waals surface area contributed by atoms with Gasteiger partial charge in [-0.3, -0.25) is 9.59 Å². The summed E-state index contributed by atoms with van der Waals surface area (Å²) in [5, 5.41) is 12.9. The molecule has 0 aliphatic carbocycles. The normalized spacial score (nSPS) is 21.4. The number of esters is 2. The maximum atomic E-state index is 12.9. The minimum absolute atomic E-state index is 0.127. The fraction of sp³-hybridized carbons (Fsp3) is 0.524. The zero-order chi connectivity index (χ0) is 23.1. The molecule has 1 amide bonds. The van der Waals surface area contributed by atoms with E-state index in [-0.39, 0.29) is 17.6 Å². The maximum Gasteiger partial charge on any atom is 0.358 e. The highest BCUT2D eigenvalue weighted by molar-refractivity contribution is 7.81. The zero-order valence-corrected chi connectivity index (χ0v) is 19.7. The van der Waals surface area contributed by atoms with Crippen LogP contribution in [0.3, 0.4) is 0 Å². The van der Waals surface area contributed by atoms with Gasteiger partial charge in [-0.05, 0) is 46.2 Å². The van der Waals surface area contributed by atoms with Crippen molar-refractivity contribution in [1.82, 2.24) is 10.2 Å². The van der Waals surface area contributed by atoms with E-state index in [0.717, 1.165) is 9.75 Å². The van der Waals surface area contributed by atoms with E-state index >= 15 is 0 Å². The van der Waals surface area contributed by atoms with Crippen molar-refractivity contribution < 1.29 is 29.0 Å². The Kier molecular flexibility index (Phi) is 6.54. The van der Waals surface area contributed by atoms with E-state index in [0.29, 0.717) is 17.0 Å². The number of hydrogen-bond donors (Lipinski definition) is 2. The fourth-order valence-electron chi connectivity index (χ4n) is 3.65. The van der Waals surface area contributed by atoms with Gasteiger partial charge in [0.25, 0.3) is 0 Å². The van der Waals surface area contributed by atoms with Crippen LogP contribution in [0.1, 0.15) is 43.9 Å². The van der Waals surface area contributed by atoms with Gasteiger partial charge in [0.1, 0.15) is 10.7 Å². The third-order valence-corrected chi connectivity index (χ3v) is 6.98. The Labute approximate surface area is 190 Å². The fourth-order valence-corrected chi connectivity index (χ4v) is 4.85. The van der Waals surface area contributed by atoms with Crippen molar-refractivity contribution in [3.05, 3.63) is 27.6 Å². The van der Waals surface area contributed by atoms with Crippen LogP contribution in [0.15, 0.2) is 17.8 Å². The number of carbonyl (C=O) groups is 3. The molecule has 1 saturated heterocycles. The number of hydrogen-bond acceptors (Lipinski definition) is 8. The smallest absolute Gasteiger partial charge is 0.358 e. The Morgan fingerprint density at radius 1 is 1.35 bits per heavy atom. The second-order valence-corrected chi connectivity index (χ2v) is 10.0. The molecule has 10 heteroatoms. The molecule has 2 unspecified atom stereocenters.